The number of para-hydroxylation sites is 1. The molecule has 2 N–H and O–H groups in total. The Morgan fingerprint density at radius 1 is 0.616 bits per heavy atom. The highest BCUT2D eigenvalue weighted by molar-refractivity contribution is 7.26. The van der Waals surface area contributed by atoms with Gasteiger partial charge in [0.15, 0.2) is 5.84 Å². The zero-order valence-corrected chi connectivity index (χ0v) is 41.7. The van der Waals surface area contributed by atoms with E-state index in [1.54, 1.807) is 0 Å². The lowest BCUT2D eigenvalue weighted by Crippen LogP contribution is -2.22. The highest BCUT2D eigenvalue weighted by Crippen LogP contribution is 2.45. The normalized spacial score (nSPS) is 14.1. The Morgan fingerprint density at radius 3 is 2.15 bits per heavy atom. The Bertz CT molecular complexity index is 4440. The highest BCUT2D eigenvalue weighted by Gasteiger charge is 2.24. The summed E-state index contributed by atoms with van der Waals surface area (Å²) in [6.07, 6.45) is 12.6. The Labute approximate surface area is 429 Å². The van der Waals surface area contributed by atoms with Gasteiger partial charge in [0, 0.05) is 85.0 Å². The summed E-state index contributed by atoms with van der Waals surface area (Å²) in [4.78, 5) is 10.3. The third-order valence-electron chi connectivity index (χ3n) is 14.1. The van der Waals surface area contributed by atoms with E-state index in [9.17, 15) is 0 Å². The van der Waals surface area contributed by atoms with Crippen molar-refractivity contribution in [2.45, 2.75) is 26.3 Å². The Morgan fingerprint density at radius 2 is 1.33 bits per heavy atom. The average molecular weight is 978 g/mol. The molecule has 0 saturated heterocycles. The molecule has 0 radical (unpaired) electrons. The number of amidine groups is 2. The fourth-order valence-corrected chi connectivity index (χ4v) is 12.9. The molecule has 1 aliphatic rings. The van der Waals surface area contributed by atoms with Gasteiger partial charge in [-0.15, -0.1) is 22.7 Å². The van der Waals surface area contributed by atoms with Crippen molar-refractivity contribution >= 4 is 132 Å². The number of rotatable bonds is 9. The van der Waals surface area contributed by atoms with E-state index in [-0.39, 0.29) is 0 Å². The molecule has 13 rings (SSSR count). The van der Waals surface area contributed by atoms with Crippen molar-refractivity contribution in [2.24, 2.45) is 15.7 Å². The van der Waals surface area contributed by atoms with Crippen LogP contribution in [0.25, 0.3) is 97.7 Å². The zero-order valence-electron chi connectivity index (χ0n) is 40.1. The van der Waals surface area contributed by atoms with Crippen LogP contribution in [0.3, 0.4) is 0 Å². The number of aliphatic imine (C=N–C) groups is 2. The van der Waals surface area contributed by atoms with Crippen molar-refractivity contribution in [1.29, 1.82) is 0 Å². The smallest absolute Gasteiger partial charge is 0.157 e. The fraction of sp³-hybridized carbons (Fsp3) is 0.0606. The molecule has 73 heavy (non-hydrogen) atoms. The molecule has 0 spiro atoms. The number of fused-ring (bicyclic) bond motifs is 10. The largest absolute Gasteiger partial charge is 0.460 e. The van der Waals surface area contributed by atoms with Crippen LogP contribution in [-0.2, 0) is 13.0 Å². The van der Waals surface area contributed by atoms with E-state index in [2.05, 4.69) is 134 Å². The fourth-order valence-electron chi connectivity index (χ4n) is 10.6. The van der Waals surface area contributed by atoms with E-state index in [0.717, 1.165) is 84.6 Å². The van der Waals surface area contributed by atoms with Crippen LogP contribution in [0.4, 0.5) is 0 Å². The van der Waals surface area contributed by atoms with Gasteiger partial charge >= 0.3 is 0 Å². The van der Waals surface area contributed by atoms with Gasteiger partial charge < -0.3 is 14.6 Å². The third kappa shape index (κ3) is 7.94. The monoisotopic (exact) mass is 977 g/mol. The maximum atomic E-state index is 6.87. The summed E-state index contributed by atoms with van der Waals surface area (Å²) in [5.74, 6) is 1.92. The van der Waals surface area contributed by atoms with E-state index in [4.69, 9.17) is 24.6 Å². The second-order valence-corrected chi connectivity index (χ2v) is 20.6. The molecule has 0 fully saturated rings. The number of hydrogen-bond donors (Lipinski definition) is 1. The maximum Gasteiger partial charge on any atom is 0.157 e. The van der Waals surface area contributed by atoms with Gasteiger partial charge in [0.05, 0.1) is 6.54 Å². The SMILES string of the molecule is C=C/C(c1ccc(C(N)=NC(=NCc2cccc3oc4c(c23)C=C(c2c(C=Cc3ccc5c(c3)sc3ccccc35)ccc3sc5ccccc5c23)CC4)c2ccccc2)cc1)=c1/oc2ccccc2/c1=C/C. The van der Waals surface area contributed by atoms with Gasteiger partial charge in [-0.05, 0) is 89.2 Å². The zero-order chi connectivity index (χ0) is 49.0. The summed E-state index contributed by atoms with van der Waals surface area (Å²) in [6, 6.07) is 61.4. The molecule has 4 heterocycles. The Kier molecular flexibility index (Phi) is 11.3. The molecule has 12 aromatic rings. The van der Waals surface area contributed by atoms with Crippen LogP contribution in [0.2, 0.25) is 0 Å². The van der Waals surface area contributed by atoms with Gasteiger partial charge in [-0.25, -0.2) is 4.99 Å². The van der Waals surface area contributed by atoms with E-state index < -0.39 is 0 Å². The van der Waals surface area contributed by atoms with Crippen LogP contribution in [0.1, 0.15) is 63.6 Å². The number of aryl methyl sites for hydroxylation is 1. The second kappa shape index (κ2) is 18.5. The molecule has 0 unspecified atom stereocenters. The molecule has 1 aliphatic carbocycles. The summed E-state index contributed by atoms with van der Waals surface area (Å²) < 4.78 is 18.3. The summed E-state index contributed by atoms with van der Waals surface area (Å²) in [5, 5.41) is 8.41. The quantitative estimate of drug-likeness (QED) is 0.0889. The van der Waals surface area contributed by atoms with Crippen molar-refractivity contribution in [2.75, 3.05) is 0 Å². The molecule has 0 aliphatic heterocycles. The first kappa shape index (κ1) is 44.3. The molecule has 7 heteroatoms. The molecule has 0 atom stereocenters. The number of furan rings is 2. The third-order valence-corrected chi connectivity index (χ3v) is 16.4. The molecule has 5 nitrogen and oxygen atoms in total. The lowest BCUT2D eigenvalue weighted by molar-refractivity contribution is 0.547. The minimum atomic E-state index is 0.368. The lowest BCUT2D eigenvalue weighted by Gasteiger charge is -2.17. The Hall–Kier alpha value is -8.62. The van der Waals surface area contributed by atoms with E-state index in [1.807, 2.05) is 108 Å². The lowest BCUT2D eigenvalue weighted by atomic mass is 9.86. The highest BCUT2D eigenvalue weighted by atomic mass is 32.1. The molecular weight excluding hydrogens is 931 g/mol. The maximum absolute atomic E-state index is 6.87. The minimum absolute atomic E-state index is 0.368. The van der Waals surface area contributed by atoms with Crippen molar-refractivity contribution < 1.29 is 8.83 Å². The van der Waals surface area contributed by atoms with Gasteiger partial charge in [-0.2, -0.15) is 0 Å². The van der Waals surface area contributed by atoms with Crippen molar-refractivity contribution in [3.05, 3.63) is 249 Å². The standard InChI is InChI=1S/C66H47N3O2S2/c1-3-47(64-48(4-2)49-18-8-11-21-54(49)71-64)41-28-30-43(31-29-41)65(67)69-66(44-15-6-5-7-16-44)68-39-46-17-14-22-56-62(46)53-38-45(32-35-55(53)70-56)61-42(33-36-59-63(61)52-20-10-13-24-58(52)72-59)27-25-40-26-34-51-50-19-9-12-23-57(50)73-60(51)37-40/h3-31,33-34,36-38H,1,32,35,39H2,2H3,(H2,67,68,69)/b27-25?,48-4-,64-47-. The molecule has 0 bridgehead atoms. The molecule has 4 aromatic heterocycles. The predicted octanol–water partition coefficient (Wildman–Crippen LogP) is 16.1. The number of nitrogens with zero attached hydrogens (tertiary/aromatic N) is 2. The predicted molar refractivity (Wildman–Crippen MR) is 312 cm³/mol. The molecule has 0 saturated carbocycles. The topological polar surface area (TPSA) is 77.0 Å². The second-order valence-electron chi connectivity index (χ2n) is 18.4. The first-order valence-electron chi connectivity index (χ1n) is 24.6. The van der Waals surface area contributed by atoms with Crippen LogP contribution >= 0.6 is 22.7 Å². The van der Waals surface area contributed by atoms with E-state index >= 15 is 0 Å². The molecule has 8 aromatic carbocycles. The first-order valence-corrected chi connectivity index (χ1v) is 26.3. The minimum Gasteiger partial charge on any atom is -0.460 e. The Balaban J connectivity index is 0.872. The van der Waals surface area contributed by atoms with Crippen LogP contribution in [0.5, 0.6) is 0 Å². The van der Waals surface area contributed by atoms with Crippen LogP contribution in [0.15, 0.2) is 207 Å². The molecule has 350 valence electrons. The number of thiophene rings is 2. The van der Waals surface area contributed by atoms with Crippen molar-refractivity contribution in [3.63, 3.8) is 0 Å². The van der Waals surface area contributed by atoms with Gasteiger partial charge in [0.25, 0.3) is 0 Å². The van der Waals surface area contributed by atoms with Crippen LogP contribution < -0.4 is 16.4 Å². The number of hydrogen-bond acceptors (Lipinski definition) is 5. The van der Waals surface area contributed by atoms with Gasteiger partial charge in [-0.3, -0.25) is 4.99 Å². The summed E-state index contributed by atoms with van der Waals surface area (Å²) in [6.45, 7) is 6.56. The van der Waals surface area contributed by atoms with Gasteiger partial charge in [0.2, 0.25) is 0 Å². The molecule has 0 amide bonds. The molecular formula is C66H47N3O2S2. The summed E-state index contributed by atoms with van der Waals surface area (Å²) in [5.41, 5.74) is 20.0. The van der Waals surface area contributed by atoms with Crippen LogP contribution in [-0.4, -0.2) is 11.7 Å². The number of benzene rings is 8. The van der Waals surface area contributed by atoms with E-state index in [1.165, 1.54) is 62.6 Å². The number of nitrogens with two attached hydrogens (primary N) is 1. The summed E-state index contributed by atoms with van der Waals surface area (Å²) in [7, 11) is 0. The van der Waals surface area contributed by atoms with Crippen LogP contribution in [0, 0.1) is 0 Å². The first-order chi connectivity index (χ1) is 36.0. The van der Waals surface area contributed by atoms with E-state index in [0.29, 0.717) is 18.2 Å². The van der Waals surface area contributed by atoms with Gasteiger partial charge in [-0.1, -0.05) is 170 Å². The number of allylic oxidation sites excluding steroid dienone is 2. The van der Waals surface area contributed by atoms with Gasteiger partial charge in [0.1, 0.15) is 28.2 Å². The summed E-state index contributed by atoms with van der Waals surface area (Å²) >= 11 is 3.71. The average Bonchev–Trinajstić information content (AvgIpc) is 4.22. The van der Waals surface area contributed by atoms with Crippen molar-refractivity contribution in [3.8, 4) is 0 Å². The van der Waals surface area contributed by atoms with Crippen molar-refractivity contribution in [1.82, 2.24) is 0 Å².